The largest absolute Gasteiger partial charge is 0.484 e. The minimum atomic E-state index is -0.276. The molecule has 1 aliphatic rings. The Morgan fingerprint density at radius 2 is 1.96 bits per heavy atom. The van der Waals surface area contributed by atoms with Crippen LogP contribution in [-0.4, -0.2) is 43.7 Å². The first-order valence-corrected chi connectivity index (χ1v) is 8.46. The molecule has 25 heavy (non-hydrogen) atoms. The first-order valence-electron chi connectivity index (χ1n) is 8.08. The minimum absolute atomic E-state index is 0.0674. The number of hydrogen-bond acceptors (Lipinski definition) is 3. The van der Waals surface area contributed by atoms with Crippen LogP contribution in [0.2, 0.25) is 5.02 Å². The Labute approximate surface area is 151 Å². The molecule has 1 heterocycles. The number of aryl methyl sites for hydroxylation is 1. The van der Waals surface area contributed by atoms with Crippen molar-refractivity contribution in [3.8, 4) is 16.9 Å². The summed E-state index contributed by atoms with van der Waals surface area (Å²) in [4.78, 5) is 13.9. The van der Waals surface area contributed by atoms with Crippen molar-refractivity contribution in [1.82, 2.24) is 4.90 Å². The van der Waals surface area contributed by atoms with Gasteiger partial charge in [0.15, 0.2) is 6.61 Å². The Hall–Kier alpha value is -2.11. The smallest absolute Gasteiger partial charge is 0.260 e. The van der Waals surface area contributed by atoms with Gasteiger partial charge in [-0.2, -0.15) is 0 Å². The monoisotopic (exact) mass is 363 g/mol. The Kier molecular flexibility index (Phi) is 5.56. The molecule has 0 aromatic heterocycles. The normalized spacial score (nSPS) is 14.4. The Morgan fingerprint density at radius 1 is 1.20 bits per heavy atom. The van der Waals surface area contributed by atoms with Crippen LogP contribution in [0.3, 0.4) is 0 Å². The lowest BCUT2D eigenvalue weighted by molar-refractivity contribution is -0.137. The highest BCUT2D eigenvalue weighted by Gasteiger charge is 2.17. The van der Waals surface area contributed by atoms with E-state index in [0.29, 0.717) is 48.2 Å². The maximum absolute atomic E-state index is 13.8. The number of hydrogen-bond donors (Lipinski definition) is 0. The fraction of sp³-hybridized carbons (Fsp3) is 0.316. The summed E-state index contributed by atoms with van der Waals surface area (Å²) in [5.41, 5.74) is 2.02. The van der Waals surface area contributed by atoms with E-state index < -0.39 is 0 Å². The van der Waals surface area contributed by atoms with Crippen molar-refractivity contribution < 1.29 is 18.7 Å². The molecule has 0 unspecified atom stereocenters. The van der Waals surface area contributed by atoms with Crippen molar-refractivity contribution in [3.05, 3.63) is 52.8 Å². The van der Waals surface area contributed by atoms with Crippen molar-refractivity contribution >= 4 is 17.5 Å². The maximum atomic E-state index is 13.8. The zero-order valence-corrected chi connectivity index (χ0v) is 14.7. The summed E-state index contributed by atoms with van der Waals surface area (Å²) in [6, 6.07) is 10.1. The molecule has 2 aromatic carbocycles. The van der Waals surface area contributed by atoms with E-state index in [1.807, 2.05) is 6.07 Å². The molecule has 3 rings (SSSR count). The maximum Gasteiger partial charge on any atom is 0.260 e. The average Bonchev–Trinajstić information content (AvgIpc) is 2.62. The van der Waals surface area contributed by atoms with E-state index >= 15 is 0 Å². The molecule has 6 heteroatoms. The number of nitrogens with zero attached hydrogens (tertiary/aromatic N) is 1. The second kappa shape index (κ2) is 7.85. The zero-order valence-electron chi connectivity index (χ0n) is 13.9. The summed E-state index contributed by atoms with van der Waals surface area (Å²) < 4.78 is 24.6. The molecule has 0 aliphatic carbocycles. The molecule has 0 saturated carbocycles. The van der Waals surface area contributed by atoms with E-state index in [9.17, 15) is 9.18 Å². The van der Waals surface area contributed by atoms with Crippen LogP contribution in [0.1, 0.15) is 5.56 Å². The SMILES string of the molecule is Cc1ccc(-c2cc(Cl)cc(OCC(=O)N3CCOCC3)c2)cc1F. The molecule has 1 saturated heterocycles. The van der Waals surface area contributed by atoms with Gasteiger partial charge in [-0.3, -0.25) is 4.79 Å². The van der Waals surface area contributed by atoms with Gasteiger partial charge in [0.2, 0.25) is 0 Å². The van der Waals surface area contributed by atoms with E-state index in [0.717, 1.165) is 5.56 Å². The van der Waals surface area contributed by atoms with Gasteiger partial charge < -0.3 is 14.4 Å². The predicted molar refractivity (Wildman–Crippen MR) is 94.5 cm³/mol. The van der Waals surface area contributed by atoms with Crippen LogP contribution < -0.4 is 4.74 Å². The highest BCUT2D eigenvalue weighted by molar-refractivity contribution is 6.31. The lowest BCUT2D eigenvalue weighted by Crippen LogP contribution is -2.42. The number of rotatable bonds is 4. The van der Waals surface area contributed by atoms with Crippen molar-refractivity contribution in [2.75, 3.05) is 32.9 Å². The lowest BCUT2D eigenvalue weighted by atomic mass is 10.0. The number of amides is 1. The molecular weight excluding hydrogens is 345 g/mol. The summed E-state index contributed by atoms with van der Waals surface area (Å²) in [6.45, 7) is 3.89. The van der Waals surface area contributed by atoms with Crippen molar-refractivity contribution in [1.29, 1.82) is 0 Å². The fourth-order valence-electron chi connectivity index (χ4n) is 2.63. The van der Waals surface area contributed by atoms with E-state index in [-0.39, 0.29) is 18.3 Å². The van der Waals surface area contributed by atoms with Gasteiger partial charge in [0.1, 0.15) is 11.6 Å². The second-order valence-electron chi connectivity index (χ2n) is 5.92. The van der Waals surface area contributed by atoms with Gasteiger partial charge in [-0.25, -0.2) is 4.39 Å². The van der Waals surface area contributed by atoms with Crippen molar-refractivity contribution in [3.63, 3.8) is 0 Å². The highest BCUT2D eigenvalue weighted by Crippen LogP contribution is 2.29. The summed E-state index contributed by atoms with van der Waals surface area (Å²) in [5.74, 6) is 0.110. The number of carbonyl (C=O) groups excluding carboxylic acids is 1. The van der Waals surface area contributed by atoms with Crippen LogP contribution in [-0.2, 0) is 9.53 Å². The molecular formula is C19H19ClFNO3. The van der Waals surface area contributed by atoms with E-state index in [1.165, 1.54) is 6.07 Å². The van der Waals surface area contributed by atoms with Crippen LogP contribution in [0.15, 0.2) is 36.4 Å². The van der Waals surface area contributed by atoms with Gasteiger partial charge in [0.25, 0.3) is 5.91 Å². The molecule has 1 aliphatic heterocycles. The molecule has 132 valence electrons. The third-order valence-electron chi connectivity index (χ3n) is 4.10. The number of carbonyl (C=O) groups is 1. The van der Waals surface area contributed by atoms with Gasteiger partial charge in [0.05, 0.1) is 13.2 Å². The average molecular weight is 364 g/mol. The van der Waals surface area contributed by atoms with E-state index in [2.05, 4.69) is 0 Å². The van der Waals surface area contributed by atoms with Crippen molar-refractivity contribution in [2.24, 2.45) is 0 Å². The van der Waals surface area contributed by atoms with Crippen LogP contribution in [0, 0.1) is 12.7 Å². The Balaban J connectivity index is 1.72. The summed E-state index contributed by atoms with van der Waals surface area (Å²) in [5, 5.41) is 0.465. The molecule has 0 spiro atoms. The number of benzene rings is 2. The van der Waals surface area contributed by atoms with Crippen LogP contribution >= 0.6 is 11.6 Å². The van der Waals surface area contributed by atoms with Gasteiger partial charge in [-0.1, -0.05) is 23.7 Å². The molecule has 0 N–H and O–H groups in total. The molecule has 0 bridgehead atoms. The second-order valence-corrected chi connectivity index (χ2v) is 6.36. The number of ether oxygens (including phenoxy) is 2. The Bertz CT molecular complexity index is 775. The fourth-order valence-corrected chi connectivity index (χ4v) is 2.86. The molecule has 1 fully saturated rings. The zero-order chi connectivity index (χ0) is 17.8. The van der Waals surface area contributed by atoms with Gasteiger partial charge in [-0.15, -0.1) is 0 Å². The summed E-state index contributed by atoms with van der Waals surface area (Å²) >= 11 is 6.15. The number of morpholine rings is 1. The van der Waals surface area contributed by atoms with Crippen LogP contribution in [0.25, 0.3) is 11.1 Å². The molecule has 0 radical (unpaired) electrons. The van der Waals surface area contributed by atoms with E-state index in [4.69, 9.17) is 21.1 Å². The predicted octanol–water partition coefficient (Wildman–Crippen LogP) is 3.69. The van der Waals surface area contributed by atoms with Gasteiger partial charge in [0, 0.05) is 18.1 Å². The first-order chi connectivity index (χ1) is 12.0. The molecule has 1 amide bonds. The topological polar surface area (TPSA) is 38.8 Å². The Morgan fingerprint density at radius 3 is 2.68 bits per heavy atom. The highest BCUT2D eigenvalue weighted by atomic mass is 35.5. The number of halogens is 2. The third-order valence-corrected chi connectivity index (χ3v) is 4.32. The third kappa shape index (κ3) is 4.50. The van der Waals surface area contributed by atoms with Crippen LogP contribution in [0.4, 0.5) is 4.39 Å². The summed E-state index contributed by atoms with van der Waals surface area (Å²) in [7, 11) is 0. The van der Waals surface area contributed by atoms with Gasteiger partial charge in [-0.05, 0) is 47.9 Å². The molecule has 0 atom stereocenters. The minimum Gasteiger partial charge on any atom is -0.484 e. The standard InChI is InChI=1S/C19H19ClFNO3/c1-13-2-3-14(10-18(13)21)15-8-16(20)11-17(9-15)25-12-19(23)22-4-6-24-7-5-22/h2-3,8-11H,4-7,12H2,1H3. The summed E-state index contributed by atoms with van der Waals surface area (Å²) in [6.07, 6.45) is 0. The first kappa shape index (κ1) is 17.7. The lowest BCUT2D eigenvalue weighted by Gasteiger charge is -2.26. The van der Waals surface area contributed by atoms with Crippen LogP contribution in [0.5, 0.6) is 5.75 Å². The quantitative estimate of drug-likeness (QED) is 0.831. The molecule has 4 nitrogen and oxygen atoms in total. The molecule has 2 aromatic rings. The van der Waals surface area contributed by atoms with Gasteiger partial charge >= 0.3 is 0 Å². The van der Waals surface area contributed by atoms with E-state index in [1.54, 1.807) is 36.1 Å². The van der Waals surface area contributed by atoms with Crippen molar-refractivity contribution in [2.45, 2.75) is 6.92 Å².